The van der Waals surface area contributed by atoms with E-state index in [1.165, 1.54) is 15.9 Å². The molecule has 0 aromatic heterocycles. The number of hydrogen-bond acceptors (Lipinski definition) is 3. The largest absolute Gasteiger partial charge is 0.497 e. The lowest BCUT2D eigenvalue weighted by Crippen LogP contribution is -2.37. The summed E-state index contributed by atoms with van der Waals surface area (Å²) < 4.78 is 29.3. The van der Waals surface area contributed by atoms with Crippen LogP contribution in [0, 0.1) is 0 Å². The van der Waals surface area contributed by atoms with Crippen LogP contribution in [0.4, 0.5) is 0 Å². The molecular formula is C39H40NO3PS. The molecule has 0 aliphatic carbocycles. The molecule has 1 heterocycles. The lowest BCUT2D eigenvalue weighted by Gasteiger charge is -2.38. The van der Waals surface area contributed by atoms with E-state index in [4.69, 9.17) is 9.47 Å². The van der Waals surface area contributed by atoms with Crippen LogP contribution in [0.15, 0.2) is 121 Å². The van der Waals surface area contributed by atoms with Crippen molar-refractivity contribution in [3.05, 3.63) is 144 Å². The van der Waals surface area contributed by atoms with E-state index in [1.807, 2.05) is 45.0 Å². The second-order valence-corrected chi connectivity index (χ2v) is 17.0. The minimum atomic E-state index is -1.34. The van der Waals surface area contributed by atoms with Gasteiger partial charge in [0, 0.05) is 27.4 Å². The van der Waals surface area contributed by atoms with Gasteiger partial charge in [0.15, 0.2) is 0 Å². The Balaban J connectivity index is 1.54. The molecule has 0 radical (unpaired) electrons. The molecule has 6 rings (SSSR count). The van der Waals surface area contributed by atoms with E-state index in [1.54, 1.807) is 7.11 Å². The number of fused-ring (bicyclic) bond motifs is 2. The normalized spacial score (nSPS) is 15.0. The molecular weight excluding hydrogens is 593 g/mol. The zero-order valence-corrected chi connectivity index (χ0v) is 28.4. The van der Waals surface area contributed by atoms with E-state index >= 15 is 0 Å². The first kappa shape index (κ1) is 31.2. The maximum absolute atomic E-state index is 13.6. The number of benzene rings is 5. The van der Waals surface area contributed by atoms with Crippen LogP contribution in [0.5, 0.6) is 17.2 Å². The molecule has 0 spiro atoms. The van der Waals surface area contributed by atoms with Crippen molar-refractivity contribution in [1.82, 2.24) is 4.72 Å². The summed E-state index contributed by atoms with van der Waals surface area (Å²) in [6, 6.07) is 42.0. The fraction of sp³-hybridized carbons (Fsp3) is 0.231. The summed E-state index contributed by atoms with van der Waals surface area (Å²) >= 11 is 0. The molecule has 4 nitrogen and oxygen atoms in total. The van der Waals surface area contributed by atoms with Crippen LogP contribution >= 0.6 is 7.92 Å². The predicted octanol–water partition coefficient (Wildman–Crippen LogP) is 8.03. The first-order valence-electron chi connectivity index (χ1n) is 15.3. The number of nitrogens with one attached hydrogen (secondary N) is 1. The van der Waals surface area contributed by atoms with Gasteiger partial charge in [0.2, 0.25) is 0 Å². The first-order valence-corrected chi connectivity index (χ1v) is 17.8. The predicted molar refractivity (Wildman–Crippen MR) is 190 cm³/mol. The molecule has 0 bridgehead atoms. The highest BCUT2D eigenvalue weighted by molar-refractivity contribution is 7.84. The summed E-state index contributed by atoms with van der Waals surface area (Å²) in [5.74, 6) is 2.50. The van der Waals surface area contributed by atoms with Gasteiger partial charge in [-0.1, -0.05) is 123 Å². The van der Waals surface area contributed by atoms with Crippen LogP contribution in [-0.2, 0) is 16.4 Å². The number of rotatable bonds is 8. The van der Waals surface area contributed by atoms with Gasteiger partial charge in [0.05, 0.1) is 28.9 Å². The highest BCUT2D eigenvalue weighted by atomic mass is 32.2. The quantitative estimate of drug-likeness (QED) is 0.176. The summed E-state index contributed by atoms with van der Waals surface area (Å²) in [6.45, 7) is 10.5. The Labute approximate surface area is 271 Å². The average molecular weight is 634 g/mol. The number of ether oxygens (including phenoxy) is 2. The van der Waals surface area contributed by atoms with Crippen molar-refractivity contribution < 1.29 is 13.7 Å². The molecule has 0 fully saturated rings. The Hall–Kier alpha value is -3.76. The van der Waals surface area contributed by atoms with Crippen molar-refractivity contribution in [2.75, 3.05) is 7.11 Å². The molecule has 1 N–H and O–H groups in total. The Morgan fingerprint density at radius 2 is 1.29 bits per heavy atom. The lowest BCUT2D eigenvalue weighted by atomic mass is 9.74. The van der Waals surface area contributed by atoms with E-state index in [2.05, 4.69) is 116 Å². The molecule has 2 atom stereocenters. The number of para-hydroxylation sites is 2. The molecule has 1 unspecified atom stereocenters. The molecule has 5 aromatic carbocycles. The van der Waals surface area contributed by atoms with Gasteiger partial charge in [-0.25, -0.2) is 8.93 Å². The Bertz CT molecular complexity index is 1780. The van der Waals surface area contributed by atoms with Gasteiger partial charge in [-0.05, 0) is 57.0 Å². The topological polar surface area (TPSA) is 47.6 Å². The third-order valence-electron chi connectivity index (χ3n) is 8.40. The highest BCUT2D eigenvalue weighted by Gasteiger charge is 2.39. The summed E-state index contributed by atoms with van der Waals surface area (Å²) in [5, 5.41) is 3.72. The minimum Gasteiger partial charge on any atom is -0.497 e. The SMILES string of the molecule is COc1ccc(C(N[S@](=O)C(C)(C)C)c2cccc3c2Oc2c(P(c4ccccc4)c4ccccc4)cccc2C3(C)C)cc1. The smallest absolute Gasteiger partial charge is 0.139 e. The molecule has 1 aliphatic heterocycles. The Morgan fingerprint density at radius 3 is 1.84 bits per heavy atom. The fourth-order valence-corrected chi connectivity index (χ4v) is 9.14. The van der Waals surface area contributed by atoms with Gasteiger partial charge >= 0.3 is 0 Å². The highest BCUT2D eigenvalue weighted by Crippen LogP contribution is 2.52. The molecule has 0 amide bonds. The first-order chi connectivity index (χ1) is 21.6. The van der Waals surface area contributed by atoms with Crippen LogP contribution in [0.3, 0.4) is 0 Å². The van der Waals surface area contributed by atoms with Crippen molar-refractivity contribution in [2.24, 2.45) is 0 Å². The third kappa shape index (κ3) is 6.10. The van der Waals surface area contributed by atoms with E-state index < -0.39 is 23.7 Å². The van der Waals surface area contributed by atoms with Gasteiger partial charge in [0.25, 0.3) is 0 Å². The van der Waals surface area contributed by atoms with Gasteiger partial charge in [0.1, 0.15) is 17.2 Å². The summed E-state index contributed by atoms with van der Waals surface area (Å²) in [6.07, 6.45) is 0. The number of methoxy groups -OCH3 is 1. The van der Waals surface area contributed by atoms with E-state index in [0.717, 1.165) is 39.5 Å². The molecule has 1 aliphatic rings. The van der Waals surface area contributed by atoms with Crippen molar-refractivity contribution in [1.29, 1.82) is 0 Å². The van der Waals surface area contributed by atoms with Crippen molar-refractivity contribution >= 4 is 34.8 Å². The second-order valence-electron chi connectivity index (χ2n) is 12.8. The van der Waals surface area contributed by atoms with Crippen molar-refractivity contribution in [2.45, 2.75) is 50.8 Å². The third-order valence-corrected chi connectivity index (χ3v) is 12.4. The molecule has 45 heavy (non-hydrogen) atoms. The lowest BCUT2D eigenvalue weighted by molar-refractivity contribution is 0.412. The van der Waals surface area contributed by atoms with Gasteiger partial charge in [-0.15, -0.1) is 0 Å². The second kappa shape index (κ2) is 12.6. The van der Waals surface area contributed by atoms with Gasteiger partial charge in [-0.2, -0.15) is 0 Å². The van der Waals surface area contributed by atoms with Crippen LogP contribution < -0.4 is 30.1 Å². The summed E-state index contributed by atoms with van der Waals surface area (Å²) in [4.78, 5) is 0. The zero-order chi connectivity index (χ0) is 31.8. The van der Waals surface area contributed by atoms with E-state index in [9.17, 15) is 4.21 Å². The van der Waals surface area contributed by atoms with Crippen LogP contribution in [-0.4, -0.2) is 16.1 Å². The average Bonchev–Trinajstić information content (AvgIpc) is 3.04. The van der Waals surface area contributed by atoms with Gasteiger partial charge < -0.3 is 9.47 Å². The standard InChI is InChI=1S/C39H40NO3PS/c1-38(2,3)45(41)40-35(27-23-25-28(42-6)26-24-27)31-19-13-20-32-36(31)43-37-33(39(32,4)5)21-14-22-34(37)44(29-15-9-7-10-16-29)30-17-11-8-12-18-30/h7-26,35,40H,1-6H3/t35?,45-/m1/s1. The minimum absolute atomic E-state index is 0.336. The van der Waals surface area contributed by atoms with Crippen LogP contribution in [0.1, 0.15) is 62.9 Å². The maximum Gasteiger partial charge on any atom is 0.139 e. The zero-order valence-electron chi connectivity index (χ0n) is 26.7. The Kier molecular flexibility index (Phi) is 8.72. The maximum atomic E-state index is 13.6. The molecule has 0 saturated carbocycles. The molecule has 0 saturated heterocycles. The summed E-state index contributed by atoms with van der Waals surface area (Å²) in [7, 11) is -0.570. The fourth-order valence-electron chi connectivity index (χ4n) is 5.91. The Morgan fingerprint density at radius 1 is 0.733 bits per heavy atom. The van der Waals surface area contributed by atoms with Crippen LogP contribution in [0.2, 0.25) is 0 Å². The van der Waals surface area contributed by atoms with Crippen molar-refractivity contribution in [3.63, 3.8) is 0 Å². The monoisotopic (exact) mass is 633 g/mol. The molecule has 5 aromatic rings. The van der Waals surface area contributed by atoms with Gasteiger partial charge in [-0.3, -0.25) is 0 Å². The van der Waals surface area contributed by atoms with Crippen LogP contribution in [0.25, 0.3) is 0 Å². The summed E-state index contributed by atoms with van der Waals surface area (Å²) in [5.41, 5.74) is 3.87. The molecule has 6 heteroatoms. The van der Waals surface area contributed by atoms with E-state index in [-0.39, 0.29) is 11.5 Å². The van der Waals surface area contributed by atoms with Crippen molar-refractivity contribution in [3.8, 4) is 17.2 Å². The number of hydrogen-bond donors (Lipinski definition) is 1. The molecule has 230 valence electrons. The van der Waals surface area contributed by atoms with E-state index in [0.29, 0.717) is 0 Å².